The molecule has 1 fully saturated rings. The number of hydrogen-bond donors (Lipinski definition) is 2. The lowest BCUT2D eigenvalue weighted by molar-refractivity contribution is 0.411. The van der Waals surface area contributed by atoms with Gasteiger partial charge in [0.25, 0.3) is 0 Å². The van der Waals surface area contributed by atoms with Gasteiger partial charge in [0.15, 0.2) is 0 Å². The Balaban J connectivity index is 1.70. The minimum absolute atomic E-state index is 0.425. The summed E-state index contributed by atoms with van der Waals surface area (Å²) >= 11 is 0. The number of fused-ring (bicyclic) bond motifs is 3. The summed E-state index contributed by atoms with van der Waals surface area (Å²) in [6.45, 7) is 0. The fourth-order valence-corrected chi connectivity index (χ4v) is 3.98. The van der Waals surface area contributed by atoms with Crippen molar-refractivity contribution < 1.29 is 0 Å². The first-order chi connectivity index (χ1) is 9.36. The molecule has 0 amide bonds. The number of nitrogens with one attached hydrogen (secondary N) is 1. The summed E-state index contributed by atoms with van der Waals surface area (Å²) in [5.41, 5.74) is 6.16. The van der Waals surface area contributed by atoms with Gasteiger partial charge < -0.3 is 0 Å². The summed E-state index contributed by atoms with van der Waals surface area (Å²) in [6.07, 6.45) is 10.9. The third-order valence-electron chi connectivity index (χ3n) is 4.91. The Morgan fingerprint density at radius 1 is 1.42 bits per heavy atom. The minimum atomic E-state index is 0.425. The van der Waals surface area contributed by atoms with Crippen LogP contribution in [0.3, 0.4) is 0 Å². The van der Waals surface area contributed by atoms with E-state index in [2.05, 4.69) is 35.6 Å². The van der Waals surface area contributed by atoms with Gasteiger partial charge in [-0.1, -0.05) is 24.3 Å². The fourth-order valence-electron chi connectivity index (χ4n) is 3.98. The van der Waals surface area contributed by atoms with Crippen LogP contribution in [-0.2, 0) is 6.42 Å². The lowest BCUT2D eigenvalue weighted by atomic mass is 9.92. The van der Waals surface area contributed by atoms with Crippen molar-refractivity contribution in [3.63, 3.8) is 0 Å². The Kier molecular flexibility index (Phi) is 3.59. The molecule has 1 aromatic carbocycles. The largest absolute Gasteiger partial charge is 0.271 e. The number of benzene rings is 1. The van der Waals surface area contributed by atoms with Crippen molar-refractivity contribution in [3.05, 3.63) is 35.4 Å². The smallest absolute Gasteiger partial charge is 0.0247 e. The molecule has 2 aliphatic rings. The molecule has 19 heavy (non-hydrogen) atoms. The van der Waals surface area contributed by atoms with E-state index in [1.54, 1.807) is 11.1 Å². The molecule has 4 unspecified atom stereocenters. The van der Waals surface area contributed by atoms with Crippen LogP contribution in [0.1, 0.15) is 42.7 Å². The minimum Gasteiger partial charge on any atom is -0.271 e. The van der Waals surface area contributed by atoms with Gasteiger partial charge >= 0.3 is 0 Å². The second-order valence-electron chi connectivity index (χ2n) is 5.87. The summed E-state index contributed by atoms with van der Waals surface area (Å²) < 4.78 is 0. The zero-order valence-corrected chi connectivity index (χ0v) is 11.3. The summed E-state index contributed by atoms with van der Waals surface area (Å²) in [5.74, 6) is 10.8. The first-order valence-corrected chi connectivity index (χ1v) is 7.34. The molecule has 2 nitrogen and oxygen atoms in total. The molecule has 0 saturated heterocycles. The van der Waals surface area contributed by atoms with Gasteiger partial charge in [0, 0.05) is 12.5 Å². The summed E-state index contributed by atoms with van der Waals surface area (Å²) in [5, 5.41) is 0. The topological polar surface area (TPSA) is 38.0 Å². The molecule has 1 saturated carbocycles. The lowest BCUT2D eigenvalue weighted by Gasteiger charge is -2.15. The van der Waals surface area contributed by atoms with Crippen molar-refractivity contribution in [3.8, 4) is 12.3 Å². The van der Waals surface area contributed by atoms with E-state index in [9.17, 15) is 0 Å². The SMILES string of the molecule is C#CCCCC(NN)C1C2CCc3ccccc3C21. The van der Waals surface area contributed by atoms with E-state index >= 15 is 0 Å². The zero-order chi connectivity index (χ0) is 13.2. The number of terminal acetylenes is 1. The molecule has 0 radical (unpaired) electrons. The predicted octanol–water partition coefficient (Wildman–Crippen LogP) is 2.60. The van der Waals surface area contributed by atoms with Crippen LogP contribution in [0, 0.1) is 24.2 Å². The van der Waals surface area contributed by atoms with E-state index < -0.39 is 0 Å². The maximum Gasteiger partial charge on any atom is 0.0247 e. The van der Waals surface area contributed by atoms with Crippen LogP contribution in [0.5, 0.6) is 0 Å². The molecule has 0 heterocycles. The number of aryl methyl sites for hydroxylation is 1. The van der Waals surface area contributed by atoms with Gasteiger partial charge in [-0.2, -0.15) is 0 Å². The maximum absolute atomic E-state index is 5.77. The van der Waals surface area contributed by atoms with Gasteiger partial charge in [0.05, 0.1) is 0 Å². The molecule has 0 aliphatic heterocycles. The molecule has 100 valence electrons. The van der Waals surface area contributed by atoms with Crippen LogP contribution in [0.2, 0.25) is 0 Å². The average molecular weight is 254 g/mol. The molecule has 4 atom stereocenters. The predicted molar refractivity (Wildman–Crippen MR) is 78.3 cm³/mol. The van der Waals surface area contributed by atoms with Crippen LogP contribution in [0.15, 0.2) is 24.3 Å². The van der Waals surface area contributed by atoms with Crippen molar-refractivity contribution in [2.45, 2.75) is 44.1 Å². The summed E-state index contributed by atoms with van der Waals surface area (Å²) in [7, 11) is 0. The molecular weight excluding hydrogens is 232 g/mol. The molecule has 3 rings (SSSR count). The van der Waals surface area contributed by atoms with E-state index in [4.69, 9.17) is 12.3 Å². The first-order valence-electron chi connectivity index (χ1n) is 7.34. The van der Waals surface area contributed by atoms with Crippen molar-refractivity contribution in [2.75, 3.05) is 0 Å². The van der Waals surface area contributed by atoms with Crippen LogP contribution >= 0.6 is 0 Å². The summed E-state index contributed by atoms with van der Waals surface area (Å²) in [4.78, 5) is 0. The first kappa shape index (κ1) is 12.7. The van der Waals surface area contributed by atoms with Crippen LogP contribution in [-0.4, -0.2) is 6.04 Å². The zero-order valence-electron chi connectivity index (χ0n) is 11.3. The standard InChI is InChI=1S/C17H22N2/c1-2-3-4-9-15(19-18)17-14-11-10-12-7-5-6-8-13(12)16(14)17/h1,5-8,14-17,19H,3-4,9-11,18H2. The van der Waals surface area contributed by atoms with Gasteiger partial charge in [-0.3, -0.25) is 11.3 Å². The molecule has 0 spiro atoms. The average Bonchev–Trinajstić information content (AvgIpc) is 3.18. The second-order valence-corrected chi connectivity index (χ2v) is 5.87. The van der Waals surface area contributed by atoms with Crippen LogP contribution in [0.4, 0.5) is 0 Å². The Hall–Kier alpha value is -1.30. The third-order valence-corrected chi connectivity index (χ3v) is 4.91. The quantitative estimate of drug-likeness (QED) is 0.367. The van der Waals surface area contributed by atoms with E-state index in [-0.39, 0.29) is 0 Å². The monoisotopic (exact) mass is 254 g/mol. The molecular formula is C17H22N2. The maximum atomic E-state index is 5.77. The number of hydrazine groups is 1. The highest BCUT2D eigenvalue weighted by molar-refractivity contribution is 5.40. The number of nitrogens with two attached hydrogens (primary N) is 1. The highest BCUT2D eigenvalue weighted by atomic mass is 15.2. The van der Waals surface area contributed by atoms with Gasteiger partial charge in [0.1, 0.15) is 0 Å². The highest BCUT2D eigenvalue weighted by Gasteiger charge is 2.55. The Morgan fingerprint density at radius 3 is 3.05 bits per heavy atom. The van der Waals surface area contributed by atoms with Crippen molar-refractivity contribution in [2.24, 2.45) is 17.7 Å². The Labute approximate surface area is 115 Å². The van der Waals surface area contributed by atoms with Crippen molar-refractivity contribution >= 4 is 0 Å². The van der Waals surface area contributed by atoms with E-state index in [1.165, 1.54) is 12.8 Å². The van der Waals surface area contributed by atoms with Gasteiger partial charge in [0.2, 0.25) is 0 Å². The lowest BCUT2D eigenvalue weighted by Crippen LogP contribution is -2.37. The van der Waals surface area contributed by atoms with Crippen molar-refractivity contribution in [1.29, 1.82) is 0 Å². The van der Waals surface area contributed by atoms with E-state index in [1.807, 2.05) is 0 Å². The highest BCUT2D eigenvalue weighted by Crippen LogP contribution is 2.61. The van der Waals surface area contributed by atoms with Gasteiger partial charge in [-0.15, -0.1) is 12.3 Å². The van der Waals surface area contributed by atoms with E-state index in [0.717, 1.165) is 31.1 Å². The van der Waals surface area contributed by atoms with Crippen LogP contribution < -0.4 is 11.3 Å². The molecule has 2 aliphatic carbocycles. The summed E-state index contributed by atoms with van der Waals surface area (Å²) in [6, 6.07) is 9.34. The number of unbranched alkanes of at least 4 members (excludes halogenated alkanes) is 1. The number of rotatable bonds is 5. The molecule has 2 heteroatoms. The molecule has 0 aromatic heterocycles. The number of hydrogen-bond acceptors (Lipinski definition) is 2. The van der Waals surface area contributed by atoms with Crippen molar-refractivity contribution in [1.82, 2.24) is 5.43 Å². The van der Waals surface area contributed by atoms with E-state index in [0.29, 0.717) is 12.0 Å². The molecule has 1 aromatic rings. The third kappa shape index (κ3) is 2.29. The second kappa shape index (κ2) is 5.36. The Bertz CT molecular complexity index is 488. The Morgan fingerprint density at radius 2 is 2.26 bits per heavy atom. The van der Waals surface area contributed by atoms with Gasteiger partial charge in [-0.25, -0.2) is 0 Å². The molecule has 3 N–H and O–H groups in total. The van der Waals surface area contributed by atoms with Crippen LogP contribution in [0.25, 0.3) is 0 Å². The molecule has 0 bridgehead atoms. The van der Waals surface area contributed by atoms with Gasteiger partial charge in [-0.05, 0) is 54.6 Å². The fraction of sp³-hybridized carbons (Fsp3) is 0.529. The normalized spacial score (nSPS) is 28.9.